The molecule has 4 nitrogen and oxygen atoms in total. The van der Waals surface area contributed by atoms with Crippen molar-refractivity contribution in [1.29, 1.82) is 0 Å². The Labute approximate surface area is 196 Å². The van der Waals surface area contributed by atoms with Crippen LogP contribution in [0.1, 0.15) is 38.5 Å². The lowest BCUT2D eigenvalue weighted by molar-refractivity contribution is -0.137. The van der Waals surface area contributed by atoms with Gasteiger partial charge in [0.2, 0.25) is 5.91 Å². The number of carbonyl (C=O) groups excluding carboxylic acids is 2. The molecule has 3 aromatic carbocycles. The second kappa shape index (κ2) is 9.71. The first-order valence-electron chi connectivity index (χ1n) is 11.1. The van der Waals surface area contributed by atoms with Crippen LogP contribution in [-0.2, 0) is 17.5 Å². The summed E-state index contributed by atoms with van der Waals surface area (Å²) in [7, 11) is 0. The minimum atomic E-state index is -4.49. The normalized spacial score (nSPS) is 18.1. The van der Waals surface area contributed by atoms with E-state index < -0.39 is 23.6 Å². The first-order valence-corrected chi connectivity index (χ1v) is 11.1. The lowest BCUT2D eigenvalue weighted by atomic mass is 9.87. The number of amides is 2. The Bertz CT molecular complexity index is 1160. The van der Waals surface area contributed by atoms with Crippen molar-refractivity contribution in [3.63, 3.8) is 0 Å². The van der Waals surface area contributed by atoms with Crippen LogP contribution in [0, 0.1) is 12.8 Å². The number of likely N-dealkylation sites (tertiary alicyclic amines) is 1. The molecule has 1 N–H and O–H groups in total. The quantitative estimate of drug-likeness (QED) is 0.563. The molecule has 0 saturated carbocycles. The molecule has 0 aliphatic carbocycles. The Morgan fingerprint density at radius 3 is 2.32 bits per heavy atom. The summed E-state index contributed by atoms with van der Waals surface area (Å²) in [5.74, 6) is -1.74. The highest BCUT2D eigenvalue weighted by molar-refractivity contribution is 5.95. The Morgan fingerprint density at radius 1 is 0.941 bits per heavy atom. The van der Waals surface area contributed by atoms with Gasteiger partial charge in [0.15, 0.2) is 0 Å². The van der Waals surface area contributed by atoms with Gasteiger partial charge in [-0.3, -0.25) is 9.59 Å². The molecule has 1 saturated heterocycles. The molecule has 3 aromatic rings. The van der Waals surface area contributed by atoms with Crippen LogP contribution < -0.4 is 5.32 Å². The Kier molecular flexibility index (Phi) is 6.72. The molecule has 2 amide bonds. The Balaban J connectivity index is 1.59. The summed E-state index contributed by atoms with van der Waals surface area (Å²) in [6.45, 7) is 2.52. The molecule has 0 radical (unpaired) electrons. The summed E-state index contributed by atoms with van der Waals surface area (Å²) >= 11 is 0. The minimum Gasteiger partial charge on any atom is -0.352 e. The van der Waals surface area contributed by atoms with Crippen LogP contribution in [0.5, 0.6) is 0 Å². The zero-order valence-electron chi connectivity index (χ0n) is 18.7. The second-order valence-electron chi connectivity index (χ2n) is 8.62. The molecule has 34 heavy (non-hydrogen) atoms. The molecule has 1 aliphatic heterocycles. The Hall–Kier alpha value is -3.61. The minimum absolute atomic E-state index is 0.133. The molecule has 2 unspecified atom stereocenters. The fourth-order valence-electron chi connectivity index (χ4n) is 4.31. The van der Waals surface area contributed by atoms with Gasteiger partial charge in [0, 0.05) is 31.1 Å². The molecule has 176 valence electrons. The van der Waals surface area contributed by atoms with E-state index in [1.54, 1.807) is 23.1 Å². The van der Waals surface area contributed by atoms with Crippen LogP contribution in [0.4, 0.5) is 13.2 Å². The summed E-state index contributed by atoms with van der Waals surface area (Å²) < 4.78 is 40.0. The van der Waals surface area contributed by atoms with Crippen molar-refractivity contribution in [2.24, 2.45) is 5.92 Å². The van der Waals surface area contributed by atoms with Crippen molar-refractivity contribution >= 4 is 11.8 Å². The molecule has 1 aliphatic rings. The van der Waals surface area contributed by atoms with Crippen LogP contribution in [0.25, 0.3) is 0 Å². The van der Waals surface area contributed by atoms with E-state index in [0.717, 1.165) is 23.3 Å². The van der Waals surface area contributed by atoms with Crippen LogP contribution in [0.3, 0.4) is 0 Å². The van der Waals surface area contributed by atoms with Gasteiger partial charge in [-0.2, -0.15) is 13.2 Å². The number of halogens is 3. The summed E-state index contributed by atoms with van der Waals surface area (Å²) in [6.07, 6.45) is -4.49. The summed E-state index contributed by atoms with van der Waals surface area (Å²) in [5, 5.41) is 2.89. The number of alkyl halides is 3. The fraction of sp³-hybridized carbons (Fsp3) is 0.259. The molecular weight excluding hydrogens is 441 g/mol. The van der Waals surface area contributed by atoms with Gasteiger partial charge < -0.3 is 10.2 Å². The van der Waals surface area contributed by atoms with Crippen LogP contribution in [0.2, 0.25) is 0 Å². The van der Waals surface area contributed by atoms with Gasteiger partial charge in [-0.05, 0) is 36.2 Å². The summed E-state index contributed by atoms with van der Waals surface area (Å²) in [4.78, 5) is 27.8. The highest BCUT2D eigenvalue weighted by Crippen LogP contribution is 2.37. The standard InChI is InChI=1S/C27H25F3N2O2/c1-18-10-12-20(13-11-18)26(34)32-16-23(21-8-5-9-22(14-21)27(28,29)30)24(17-32)25(33)31-15-19-6-3-2-4-7-19/h2-14,23-24H,15-17H2,1H3,(H,31,33). The van der Waals surface area contributed by atoms with E-state index in [1.165, 1.54) is 6.07 Å². The lowest BCUT2D eigenvalue weighted by Gasteiger charge is -2.19. The van der Waals surface area contributed by atoms with Crippen molar-refractivity contribution in [2.75, 3.05) is 13.1 Å². The van der Waals surface area contributed by atoms with Gasteiger partial charge in [-0.15, -0.1) is 0 Å². The van der Waals surface area contributed by atoms with E-state index in [-0.39, 0.29) is 24.9 Å². The number of hydrogen-bond acceptors (Lipinski definition) is 2. The second-order valence-corrected chi connectivity index (χ2v) is 8.62. The van der Waals surface area contributed by atoms with Gasteiger partial charge in [0.25, 0.3) is 5.91 Å². The fourth-order valence-corrected chi connectivity index (χ4v) is 4.31. The highest BCUT2D eigenvalue weighted by atomic mass is 19.4. The SMILES string of the molecule is Cc1ccc(C(=O)N2CC(C(=O)NCc3ccccc3)C(c3cccc(C(F)(F)F)c3)C2)cc1. The van der Waals surface area contributed by atoms with Crippen LogP contribution in [-0.4, -0.2) is 29.8 Å². The molecule has 7 heteroatoms. The number of nitrogens with one attached hydrogen (secondary N) is 1. The van der Waals surface area contributed by atoms with E-state index in [1.807, 2.05) is 49.4 Å². The van der Waals surface area contributed by atoms with Crippen molar-refractivity contribution in [3.05, 3.63) is 107 Å². The van der Waals surface area contributed by atoms with E-state index in [0.29, 0.717) is 17.7 Å². The number of carbonyl (C=O) groups is 2. The van der Waals surface area contributed by atoms with Gasteiger partial charge in [0.1, 0.15) is 0 Å². The molecular formula is C27H25F3N2O2. The van der Waals surface area contributed by atoms with E-state index in [4.69, 9.17) is 0 Å². The number of hydrogen-bond donors (Lipinski definition) is 1. The Morgan fingerprint density at radius 2 is 1.65 bits per heavy atom. The monoisotopic (exact) mass is 466 g/mol. The smallest absolute Gasteiger partial charge is 0.352 e. The first kappa shape index (κ1) is 23.5. The summed E-state index contributed by atoms with van der Waals surface area (Å²) in [6, 6.07) is 21.5. The zero-order valence-corrected chi connectivity index (χ0v) is 18.7. The number of rotatable bonds is 5. The maximum Gasteiger partial charge on any atom is 0.416 e. The number of nitrogens with zero attached hydrogens (tertiary/aromatic N) is 1. The first-order chi connectivity index (χ1) is 16.2. The maximum absolute atomic E-state index is 13.3. The average Bonchev–Trinajstić information content (AvgIpc) is 3.28. The largest absolute Gasteiger partial charge is 0.416 e. The predicted octanol–water partition coefficient (Wildman–Crippen LogP) is 5.19. The molecule has 2 atom stereocenters. The molecule has 4 rings (SSSR count). The maximum atomic E-state index is 13.3. The van der Waals surface area contributed by atoms with Crippen molar-refractivity contribution in [1.82, 2.24) is 10.2 Å². The van der Waals surface area contributed by atoms with Crippen molar-refractivity contribution < 1.29 is 22.8 Å². The summed E-state index contributed by atoms with van der Waals surface area (Å²) in [5.41, 5.74) is 2.04. The zero-order chi connectivity index (χ0) is 24.3. The number of benzene rings is 3. The third-order valence-corrected chi connectivity index (χ3v) is 6.19. The van der Waals surface area contributed by atoms with Crippen LogP contribution >= 0.6 is 0 Å². The van der Waals surface area contributed by atoms with E-state index >= 15 is 0 Å². The third-order valence-electron chi connectivity index (χ3n) is 6.19. The van der Waals surface area contributed by atoms with Crippen LogP contribution in [0.15, 0.2) is 78.9 Å². The molecule has 0 aromatic heterocycles. The highest BCUT2D eigenvalue weighted by Gasteiger charge is 2.41. The molecule has 1 fully saturated rings. The van der Waals surface area contributed by atoms with E-state index in [2.05, 4.69) is 5.32 Å². The molecule has 0 bridgehead atoms. The van der Waals surface area contributed by atoms with Gasteiger partial charge in [-0.25, -0.2) is 0 Å². The van der Waals surface area contributed by atoms with Gasteiger partial charge >= 0.3 is 6.18 Å². The van der Waals surface area contributed by atoms with Gasteiger partial charge in [0.05, 0.1) is 11.5 Å². The van der Waals surface area contributed by atoms with Crippen molar-refractivity contribution in [3.8, 4) is 0 Å². The molecule has 1 heterocycles. The topological polar surface area (TPSA) is 49.4 Å². The van der Waals surface area contributed by atoms with Gasteiger partial charge in [-0.1, -0.05) is 66.2 Å². The average molecular weight is 467 g/mol. The molecule has 0 spiro atoms. The van der Waals surface area contributed by atoms with Crippen molar-refractivity contribution in [2.45, 2.75) is 25.6 Å². The third kappa shape index (κ3) is 5.30. The predicted molar refractivity (Wildman–Crippen MR) is 123 cm³/mol. The van der Waals surface area contributed by atoms with E-state index in [9.17, 15) is 22.8 Å². The number of aryl methyl sites for hydroxylation is 1. The lowest BCUT2D eigenvalue weighted by Crippen LogP contribution is -2.35.